The minimum Gasteiger partial charge on any atom is -0.404 e. The maximum atomic E-state index is 10.0. The Bertz CT molecular complexity index is 156. The highest BCUT2D eigenvalue weighted by atomic mass is 16.1. The molecule has 9 heavy (non-hydrogen) atoms. The molecule has 48 valence electrons. The van der Waals surface area contributed by atoms with Crippen molar-refractivity contribution in [2.24, 2.45) is 5.73 Å². The summed E-state index contributed by atoms with van der Waals surface area (Å²) in [5.74, 6) is 0. The molecule has 0 saturated heterocycles. The van der Waals surface area contributed by atoms with E-state index in [4.69, 9.17) is 5.73 Å². The van der Waals surface area contributed by atoms with E-state index in [2.05, 4.69) is 6.58 Å². The molecule has 0 fully saturated rings. The Balaban J connectivity index is 3.99. The van der Waals surface area contributed by atoms with Crippen LogP contribution in [-0.4, -0.2) is 6.29 Å². The maximum Gasteiger partial charge on any atom is 0.151 e. The molecular weight excluding hydrogens is 114 g/mol. The Labute approximate surface area is 54.4 Å². The van der Waals surface area contributed by atoms with E-state index in [0.717, 1.165) is 0 Å². The molecule has 0 heterocycles. The number of rotatable bonds is 3. The van der Waals surface area contributed by atoms with Crippen LogP contribution < -0.4 is 5.73 Å². The summed E-state index contributed by atoms with van der Waals surface area (Å²) in [7, 11) is 0. The van der Waals surface area contributed by atoms with Crippen LogP contribution in [0.1, 0.15) is 0 Å². The van der Waals surface area contributed by atoms with Crippen LogP contribution in [0.4, 0.5) is 0 Å². The van der Waals surface area contributed by atoms with Crippen LogP contribution in [0.2, 0.25) is 0 Å². The molecular formula is C7H9NO. The fraction of sp³-hybridized carbons (Fsp3) is 0. The second-order valence-corrected chi connectivity index (χ2v) is 1.38. The number of carbonyl (C=O) groups excluding carboxylic acids is 1. The van der Waals surface area contributed by atoms with Gasteiger partial charge in [0.05, 0.1) is 0 Å². The molecule has 2 nitrogen and oxygen atoms in total. The summed E-state index contributed by atoms with van der Waals surface area (Å²) in [6.07, 6.45) is 6.73. The quantitative estimate of drug-likeness (QED) is 0.342. The van der Waals surface area contributed by atoms with Gasteiger partial charge < -0.3 is 5.73 Å². The van der Waals surface area contributed by atoms with E-state index in [9.17, 15) is 4.79 Å². The van der Waals surface area contributed by atoms with Gasteiger partial charge in [-0.3, -0.25) is 4.79 Å². The molecule has 0 spiro atoms. The van der Waals surface area contributed by atoms with Gasteiger partial charge in [-0.25, -0.2) is 0 Å². The number of hydrogen-bond acceptors (Lipinski definition) is 2. The minimum absolute atomic E-state index is 0.454. The molecule has 0 aromatic heterocycles. The Hall–Kier alpha value is -1.31. The molecule has 0 aliphatic rings. The molecule has 0 aliphatic heterocycles. The first-order valence-corrected chi connectivity index (χ1v) is 2.51. The maximum absolute atomic E-state index is 10.0. The molecule has 2 heteroatoms. The largest absolute Gasteiger partial charge is 0.404 e. The Morgan fingerprint density at radius 3 is 2.56 bits per heavy atom. The van der Waals surface area contributed by atoms with E-state index in [0.29, 0.717) is 11.9 Å². The number of carbonyl (C=O) groups is 1. The number of nitrogens with two attached hydrogens (primary N) is 1. The van der Waals surface area contributed by atoms with Crippen LogP contribution in [0.25, 0.3) is 0 Å². The summed E-state index contributed by atoms with van der Waals surface area (Å²) in [5, 5.41) is 0. The first kappa shape index (κ1) is 7.69. The standard InChI is InChI=1S/C7H9NO/c1-2-3-4-7(5-8)6-9/h2-6H,1,8H2/b4-3-,7-5+. The van der Waals surface area contributed by atoms with Crippen molar-refractivity contribution in [3.63, 3.8) is 0 Å². The van der Waals surface area contributed by atoms with Crippen molar-refractivity contribution >= 4 is 6.29 Å². The third-order valence-electron chi connectivity index (χ3n) is 0.753. The predicted octanol–water partition coefficient (Wildman–Crippen LogP) is 0.770. The molecule has 0 atom stereocenters. The molecule has 0 amide bonds. The van der Waals surface area contributed by atoms with Crippen molar-refractivity contribution in [3.05, 3.63) is 36.6 Å². The summed E-state index contributed by atoms with van der Waals surface area (Å²) in [6, 6.07) is 0. The van der Waals surface area contributed by atoms with Crippen molar-refractivity contribution in [2.75, 3.05) is 0 Å². The summed E-state index contributed by atoms with van der Waals surface area (Å²) >= 11 is 0. The highest BCUT2D eigenvalue weighted by Gasteiger charge is 1.80. The zero-order valence-corrected chi connectivity index (χ0v) is 5.08. The summed E-state index contributed by atoms with van der Waals surface area (Å²) < 4.78 is 0. The van der Waals surface area contributed by atoms with Gasteiger partial charge in [0.15, 0.2) is 6.29 Å². The molecule has 0 bridgehead atoms. The molecule has 0 saturated carbocycles. The zero-order chi connectivity index (χ0) is 7.11. The smallest absolute Gasteiger partial charge is 0.151 e. The second-order valence-electron chi connectivity index (χ2n) is 1.38. The molecule has 2 N–H and O–H groups in total. The number of allylic oxidation sites excluding steroid dienone is 4. The monoisotopic (exact) mass is 123 g/mol. The van der Waals surface area contributed by atoms with Gasteiger partial charge in [0.1, 0.15) is 0 Å². The second kappa shape index (κ2) is 4.84. The van der Waals surface area contributed by atoms with E-state index >= 15 is 0 Å². The van der Waals surface area contributed by atoms with E-state index in [-0.39, 0.29) is 0 Å². The van der Waals surface area contributed by atoms with Gasteiger partial charge in [-0.1, -0.05) is 24.8 Å². The van der Waals surface area contributed by atoms with E-state index in [1.165, 1.54) is 6.20 Å². The highest BCUT2D eigenvalue weighted by molar-refractivity contribution is 5.77. The van der Waals surface area contributed by atoms with Gasteiger partial charge in [-0.05, 0) is 0 Å². The van der Waals surface area contributed by atoms with Crippen LogP contribution in [0.3, 0.4) is 0 Å². The lowest BCUT2D eigenvalue weighted by atomic mass is 10.3. The third-order valence-corrected chi connectivity index (χ3v) is 0.753. The first-order chi connectivity index (χ1) is 4.35. The van der Waals surface area contributed by atoms with Gasteiger partial charge >= 0.3 is 0 Å². The topological polar surface area (TPSA) is 43.1 Å². The molecule has 0 aliphatic carbocycles. The van der Waals surface area contributed by atoms with E-state index in [1.807, 2.05) is 0 Å². The number of aldehydes is 1. The minimum atomic E-state index is 0.454. The first-order valence-electron chi connectivity index (χ1n) is 2.51. The SMILES string of the molecule is C=C/C=C\C(C=O)=C/N. The lowest BCUT2D eigenvalue weighted by Crippen LogP contribution is -1.85. The fourth-order valence-electron chi connectivity index (χ4n) is 0.313. The molecule has 0 unspecified atom stereocenters. The molecule has 0 rings (SSSR count). The van der Waals surface area contributed by atoms with Gasteiger partial charge in [-0.15, -0.1) is 0 Å². The zero-order valence-electron chi connectivity index (χ0n) is 5.08. The van der Waals surface area contributed by atoms with Crippen molar-refractivity contribution in [1.29, 1.82) is 0 Å². The van der Waals surface area contributed by atoms with Crippen LogP contribution in [0.15, 0.2) is 36.6 Å². The van der Waals surface area contributed by atoms with Gasteiger partial charge in [0.2, 0.25) is 0 Å². The highest BCUT2D eigenvalue weighted by Crippen LogP contribution is 1.87. The average molecular weight is 123 g/mol. The fourth-order valence-corrected chi connectivity index (χ4v) is 0.313. The van der Waals surface area contributed by atoms with Crippen LogP contribution in [0.5, 0.6) is 0 Å². The van der Waals surface area contributed by atoms with Crippen LogP contribution in [0, 0.1) is 0 Å². The Morgan fingerprint density at radius 1 is 1.56 bits per heavy atom. The third kappa shape index (κ3) is 3.29. The molecule has 0 radical (unpaired) electrons. The van der Waals surface area contributed by atoms with Crippen LogP contribution in [-0.2, 0) is 4.79 Å². The Morgan fingerprint density at radius 2 is 2.22 bits per heavy atom. The lowest BCUT2D eigenvalue weighted by molar-refractivity contribution is -0.104. The molecule has 0 aromatic rings. The predicted molar refractivity (Wildman–Crippen MR) is 37.7 cm³/mol. The van der Waals surface area contributed by atoms with Crippen molar-refractivity contribution in [1.82, 2.24) is 0 Å². The van der Waals surface area contributed by atoms with Crippen molar-refractivity contribution in [3.8, 4) is 0 Å². The van der Waals surface area contributed by atoms with E-state index in [1.54, 1.807) is 18.2 Å². The summed E-state index contributed by atoms with van der Waals surface area (Å²) in [5.41, 5.74) is 5.50. The Kier molecular flexibility index (Phi) is 4.14. The van der Waals surface area contributed by atoms with Gasteiger partial charge in [0.25, 0.3) is 0 Å². The normalized spacial score (nSPS) is 11.8. The molecule has 0 aromatic carbocycles. The number of hydrogen-bond donors (Lipinski definition) is 1. The van der Waals surface area contributed by atoms with E-state index < -0.39 is 0 Å². The van der Waals surface area contributed by atoms with Crippen molar-refractivity contribution in [2.45, 2.75) is 0 Å². The lowest BCUT2D eigenvalue weighted by Gasteiger charge is -1.81. The van der Waals surface area contributed by atoms with Crippen molar-refractivity contribution < 1.29 is 4.79 Å². The van der Waals surface area contributed by atoms with Gasteiger partial charge in [-0.2, -0.15) is 0 Å². The summed E-state index contributed by atoms with van der Waals surface area (Å²) in [6.45, 7) is 3.43. The van der Waals surface area contributed by atoms with Gasteiger partial charge in [0, 0.05) is 11.8 Å². The van der Waals surface area contributed by atoms with Crippen LogP contribution >= 0.6 is 0 Å². The summed E-state index contributed by atoms with van der Waals surface area (Å²) in [4.78, 5) is 10.0. The average Bonchev–Trinajstić information content (AvgIpc) is 1.91.